The summed E-state index contributed by atoms with van der Waals surface area (Å²) < 4.78 is 40.2. The lowest BCUT2D eigenvalue weighted by atomic mass is 10.0. The van der Waals surface area contributed by atoms with Crippen LogP contribution in [0.25, 0.3) is 11.1 Å². The smallest absolute Gasteiger partial charge is 0.305 e. The van der Waals surface area contributed by atoms with Gasteiger partial charge in [-0.3, -0.25) is 14.5 Å². The number of carbonyl (C=O) groups excluding carboxylic acids is 1. The van der Waals surface area contributed by atoms with Gasteiger partial charge in [0.2, 0.25) is 0 Å². The van der Waals surface area contributed by atoms with Gasteiger partial charge in [0.05, 0.1) is 17.8 Å². The van der Waals surface area contributed by atoms with Crippen LogP contribution in [0.2, 0.25) is 0 Å². The molecule has 5 nitrogen and oxygen atoms in total. The average molecular weight is 416 g/mol. The number of halogens is 3. The van der Waals surface area contributed by atoms with Gasteiger partial charge in [0.1, 0.15) is 5.69 Å². The highest BCUT2D eigenvalue weighted by Gasteiger charge is 2.35. The standard InChI is InChI=1S/C20H17F3N4O.C2H6/c1-12-9-14(7-8-24-12)17-10-25-27-13(2)11-26(19(28)18(17)27)16-5-3-15(4-6-16)20(21,22)23;1-2/h3-10,13H,11H2,1-2H3;1-2H3. The van der Waals surface area contributed by atoms with E-state index in [1.54, 1.807) is 23.1 Å². The molecule has 0 bridgehead atoms. The first kappa shape index (κ1) is 21.5. The second kappa shape index (κ2) is 8.30. The van der Waals surface area contributed by atoms with Crippen LogP contribution in [-0.2, 0) is 6.18 Å². The number of amides is 1. The molecule has 158 valence electrons. The summed E-state index contributed by atoms with van der Waals surface area (Å²) in [7, 11) is 0. The SMILES string of the molecule is CC.Cc1cc(-c2cnn3c2C(=O)N(c2ccc(C(F)(F)F)cc2)CC3C)ccn1. The number of alkyl halides is 3. The lowest BCUT2D eigenvalue weighted by Gasteiger charge is -2.32. The maximum absolute atomic E-state index is 13.2. The zero-order chi connectivity index (χ0) is 22.1. The van der Waals surface area contributed by atoms with E-state index in [9.17, 15) is 18.0 Å². The third-order valence-electron chi connectivity index (χ3n) is 4.82. The normalized spacial score (nSPS) is 16.0. The van der Waals surface area contributed by atoms with Crippen LogP contribution < -0.4 is 4.90 Å². The molecule has 4 rings (SSSR count). The Kier molecular flexibility index (Phi) is 5.96. The molecular weight excluding hydrogens is 393 g/mol. The number of rotatable bonds is 2. The minimum atomic E-state index is -4.41. The maximum Gasteiger partial charge on any atom is 0.416 e. The van der Waals surface area contributed by atoms with Crippen molar-refractivity contribution in [1.29, 1.82) is 0 Å². The summed E-state index contributed by atoms with van der Waals surface area (Å²) in [6.07, 6.45) is -1.10. The van der Waals surface area contributed by atoms with Crippen LogP contribution >= 0.6 is 0 Å². The number of pyridine rings is 1. The molecule has 8 heteroatoms. The van der Waals surface area contributed by atoms with Crippen LogP contribution in [0.4, 0.5) is 18.9 Å². The Balaban J connectivity index is 0.00000124. The topological polar surface area (TPSA) is 51.0 Å². The van der Waals surface area contributed by atoms with Gasteiger partial charge >= 0.3 is 6.18 Å². The van der Waals surface area contributed by atoms with Gasteiger partial charge < -0.3 is 4.90 Å². The highest BCUT2D eigenvalue weighted by Crippen LogP contribution is 2.34. The van der Waals surface area contributed by atoms with Gasteiger partial charge in [0.25, 0.3) is 5.91 Å². The lowest BCUT2D eigenvalue weighted by Crippen LogP contribution is -2.42. The van der Waals surface area contributed by atoms with E-state index in [0.29, 0.717) is 23.5 Å². The Labute approximate surface area is 173 Å². The molecule has 1 aromatic carbocycles. The minimum Gasteiger partial charge on any atom is -0.305 e. The van der Waals surface area contributed by atoms with E-state index in [4.69, 9.17) is 0 Å². The van der Waals surface area contributed by atoms with Crippen LogP contribution in [0.3, 0.4) is 0 Å². The molecule has 3 aromatic rings. The van der Waals surface area contributed by atoms with E-state index in [2.05, 4.69) is 10.1 Å². The van der Waals surface area contributed by atoms with Crippen molar-refractivity contribution in [3.63, 3.8) is 0 Å². The van der Waals surface area contributed by atoms with E-state index in [-0.39, 0.29) is 11.9 Å². The molecule has 0 saturated carbocycles. The first-order valence-corrected chi connectivity index (χ1v) is 9.75. The Hall–Kier alpha value is -3.16. The summed E-state index contributed by atoms with van der Waals surface area (Å²) >= 11 is 0. The summed E-state index contributed by atoms with van der Waals surface area (Å²) in [4.78, 5) is 18.9. The fraction of sp³-hybridized carbons (Fsp3) is 0.318. The number of hydrogen-bond donors (Lipinski definition) is 0. The molecule has 30 heavy (non-hydrogen) atoms. The van der Waals surface area contributed by atoms with Crippen LogP contribution in [0.1, 0.15) is 48.6 Å². The van der Waals surface area contributed by atoms with Crippen molar-refractivity contribution in [2.75, 3.05) is 11.4 Å². The van der Waals surface area contributed by atoms with Crippen LogP contribution in [0.5, 0.6) is 0 Å². The molecule has 1 atom stereocenters. The van der Waals surface area contributed by atoms with Gasteiger partial charge in [0.15, 0.2) is 0 Å². The molecule has 0 radical (unpaired) electrons. The molecule has 0 fully saturated rings. The lowest BCUT2D eigenvalue weighted by molar-refractivity contribution is -0.137. The molecule has 0 spiro atoms. The van der Waals surface area contributed by atoms with E-state index < -0.39 is 11.7 Å². The zero-order valence-electron chi connectivity index (χ0n) is 17.2. The van der Waals surface area contributed by atoms with Gasteiger partial charge in [-0.25, -0.2) is 0 Å². The second-order valence-corrected chi connectivity index (χ2v) is 6.85. The van der Waals surface area contributed by atoms with Crippen LogP contribution in [0.15, 0.2) is 48.8 Å². The van der Waals surface area contributed by atoms with Crippen LogP contribution in [-0.4, -0.2) is 27.2 Å². The molecule has 0 aliphatic carbocycles. The van der Waals surface area contributed by atoms with E-state index in [0.717, 1.165) is 23.4 Å². The van der Waals surface area contributed by atoms with Crippen molar-refractivity contribution >= 4 is 11.6 Å². The van der Waals surface area contributed by atoms with Crippen molar-refractivity contribution in [3.8, 4) is 11.1 Å². The van der Waals surface area contributed by atoms with Gasteiger partial charge in [0, 0.05) is 29.7 Å². The molecular formula is C22H23F3N4O. The molecule has 1 unspecified atom stereocenters. The Bertz CT molecular complexity index is 1040. The third-order valence-corrected chi connectivity index (χ3v) is 4.82. The van der Waals surface area contributed by atoms with Crippen molar-refractivity contribution in [3.05, 3.63) is 65.7 Å². The van der Waals surface area contributed by atoms with Crippen molar-refractivity contribution in [2.24, 2.45) is 0 Å². The van der Waals surface area contributed by atoms with Crippen molar-refractivity contribution in [1.82, 2.24) is 14.8 Å². The van der Waals surface area contributed by atoms with Gasteiger partial charge in [-0.1, -0.05) is 13.8 Å². The molecule has 1 amide bonds. The van der Waals surface area contributed by atoms with Crippen molar-refractivity contribution < 1.29 is 18.0 Å². The molecule has 1 aliphatic rings. The van der Waals surface area contributed by atoms with Gasteiger partial charge in [-0.05, 0) is 55.8 Å². The van der Waals surface area contributed by atoms with Crippen molar-refractivity contribution in [2.45, 2.75) is 39.9 Å². The van der Waals surface area contributed by atoms with E-state index in [1.807, 2.05) is 33.8 Å². The molecule has 2 aromatic heterocycles. The molecule has 3 heterocycles. The number of nitrogens with zero attached hydrogens (tertiary/aromatic N) is 4. The Morgan fingerprint density at radius 3 is 2.37 bits per heavy atom. The summed E-state index contributed by atoms with van der Waals surface area (Å²) in [6, 6.07) is 8.20. The van der Waals surface area contributed by atoms with Crippen LogP contribution in [0, 0.1) is 6.92 Å². The monoisotopic (exact) mass is 416 g/mol. The number of anilines is 1. The summed E-state index contributed by atoms with van der Waals surface area (Å²) in [5.74, 6) is -0.292. The van der Waals surface area contributed by atoms with Gasteiger partial charge in [-0.15, -0.1) is 0 Å². The minimum absolute atomic E-state index is 0.119. The average Bonchev–Trinajstić information content (AvgIpc) is 3.18. The number of carbonyl (C=O) groups is 1. The summed E-state index contributed by atoms with van der Waals surface area (Å²) in [5, 5.41) is 4.37. The highest BCUT2D eigenvalue weighted by atomic mass is 19.4. The quantitative estimate of drug-likeness (QED) is 0.553. The second-order valence-electron chi connectivity index (χ2n) is 6.85. The third kappa shape index (κ3) is 3.94. The fourth-order valence-corrected chi connectivity index (χ4v) is 3.44. The number of benzene rings is 1. The Morgan fingerprint density at radius 1 is 1.10 bits per heavy atom. The number of aromatic nitrogens is 3. The largest absolute Gasteiger partial charge is 0.416 e. The number of hydrogen-bond acceptors (Lipinski definition) is 3. The number of fused-ring (bicyclic) bond motifs is 1. The summed E-state index contributed by atoms with van der Waals surface area (Å²) in [5.41, 5.74) is 2.42. The van der Waals surface area contributed by atoms with E-state index >= 15 is 0 Å². The molecule has 0 saturated heterocycles. The first-order valence-electron chi connectivity index (χ1n) is 9.75. The van der Waals surface area contributed by atoms with E-state index in [1.165, 1.54) is 17.0 Å². The predicted octanol–water partition coefficient (Wildman–Crippen LogP) is 5.52. The fourth-order valence-electron chi connectivity index (χ4n) is 3.44. The van der Waals surface area contributed by atoms with Gasteiger partial charge in [-0.2, -0.15) is 18.3 Å². The predicted molar refractivity (Wildman–Crippen MR) is 109 cm³/mol. The molecule has 0 N–H and O–H groups in total. The Morgan fingerprint density at radius 2 is 1.77 bits per heavy atom. The molecule has 1 aliphatic heterocycles. The highest BCUT2D eigenvalue weighted by molar-refractivity contribution is 6.09. The maximum atomic E-state index is 13.2. The zero-order valence-corrected chi connectivity index (χ0v) is 17.2. The number of aryl methyl sites for hydroxylation is 1. The first-order chi connectivity index (χ1) is 14.3. The summed E-state index contributed by atoms with van der Waals surface area (Å²) in [6.45, 7) is 8.10.